The van der Waals surface area contributed by atoms with Crippen LogP contribution in [-0.4, -0.2) is 4.57 Å². The van der Waals surface area contributed by atoms with Crippen LogP contribution in [0.3, 0.4) is 0 Å². The summed E-state index contributed by atoms with van der Waals surface area (Å²) in [6.07, 6.45) is 1.04. The van der Waals surface area contributed by atoms with Crippen LogP contribution in [0.25, 0.3) is 38.6 Å². The molecule has 1 aliphatic carbocycles. The third-order valence-electron chi connectivity index (χ3n) is 6.95. The van der Waals surface area contributed by atoms with Gasteiger partial charge in [-0.15, -0.1) is 0 Å². The summed E-state index contributed by atoms with van der Waals surface area (Å²) in [5, 5.41) is 2.65. The van der Waals surface area contributed by atoms with Crippen molar-refractivity contribution in [2.45, 2.75) is 32.6 Å². The van der Waals surface area contributed by atoms with Crippen molar-refractivity contribution in [3.05, 3.63) is 102 Å². The summed E-state index contributed by atoms with van der Waals surface area (Å²) in [7, 11) is 0. The largest absolute Gasteiger partial charge is 0.309 e. The molecule has 4 aromatic carbocycles. The van der Waals surface area contributed by atoms with Crippen LogP contribution in [0, 0.1) is 0 Å². The number of rotatable bonds is 2. The van der Waals surface area contributed by atoms with Gasteiger partial charge in [0.1, 0.15) is 0 Å². The summed E-state index contributed by atoms with van der Waals surface area (Å²) >= 11 is 0. The van der Waals surface area contributed by atoms with Crippen molar-refractivity contribution in [1.82, 2.24) is 4.57 Å². The second-order valence-electron chi connectivity index (χ2n) is 8.96. The van der Waals surface area contributed by atoms with E-state index in [-0.39, 0.29) is 5.41 Å². The minimum absolute atomic E-state index is 0.00662. The molecule has 6 rings (SSSR count). The third kappa shape index (κ3) is 2.24. The lowest BCUT2D eigenvalue weighted by molar-refractivity contribution is 0.661. The fraction of sp³-hybridized carbons (Fsp3) is 0.172. The minimum Gasteiger partial charge on any atom is -0.309 e. The number of nitrogens with zero attached hydrogens (tertiary/aromatic N) is 1. The number of benzene rings is 4. The average molecular weight is 388 g/mol. The topological polar surface area (TPSA) is 4.93 Å². The molecule has 1 aliphatic rings. The molecular weight excluding hydrogens is 362 g/mol. The van der Waals surface area contributed by atoms with Crippen LogP contribution < -0.4 is 0 Å². The summed E-state index contributed by atoms with van der Waals surface area (Å²) in [5.74, 6) is 0. The molecule has 0 fully saturated rings. The molecule has 0 radical (unpaired) electrons. The van der Waals surface area contributed by atoms with Crippen molar-refractivity contribution < 1.29 is 0 Å². The van der Waals surface area contributed by atoms with E-state index in [1.807, 2.05) is 0 Å². The van der Waals surface area contributed by atoms with Crippen molar-refractivity contribution in [2.75, 3.05) is 0 Å². The molecule has 1 aromatic heterocycles. The Morgan fingerprint density at radius 1 is 0.667 bits per heavy atom. The highest BCUT2D eigenvalue weighted by Crippen LogP contribution is 2.50. The normalized spacial score (nSPS) is 14.2. The molecule has 0 bridgehead atoms. The quantitative estimate of drug-likeness (QED) is 0.293. The van der Waals surface area contributed by atoms with E-state index in [0.29, 0.717) is 0 Å². The van der Waals surface area contributed by atoms with Crippen LogP contribution >= 0.6 is 0 Å². The molecule has 5 aromatic rings. The first kappa shape index (κ1) is 17.5. The number of hydrogen-bond acceptors (Lipinski definition) is 0. The molecule has 0 saturated carbocycles. The maximum Gasteiger partial charge on any atom is 0.0544 e. The van der Waals surface area contributed by atoms with E-state index in [1.165, 1.54) is 55.3 Å². The summed E-state index contributed by atoms with van der Waals surface area (Å²) in [6, 6.07) is 31.5. The molecule has 1 heterocycles. The van der Waals surface area contributed by atoms with Gasteiger partial charge in [0.2, 0.25) is 0 Å². The molecule has 0 N–H and O–H groups in total. The second-order valence-corrected chi connectivity index (χ2v) is 8.96. The number of aryl methyl sites for hydroxylation is 1. The van der Waals surface area contributed by atoms with Crippen LogP contribution in [-0.2, 0) is 11.8 Å². The zero-order valence-corrected chi connectivity index (χ0v) is 17.7. The Balaban J connectivity index is 1.75. The van der Waals surface area contributed by atoms with Gasteiger partial charge < -0.3 is 4.57 Å². The fourth-order valence-electron chi connectivity index (χ4n) is 5.36. The van der Waals surface area contributed by atoms with E-state index in [0.717, 1.165) is 6.42 Å². The highest BCUT2D eigenvalue weighted by molar-refractivity contribution is 6.11. The van der Waals surface area contributed by atoms with Crippen LogP contribution in [0.2, 0.25) is 0 Å². The Morgan fingerprint density at radius 2 is 1.47 bits per heavy atom. The van der Waals surface area contributed by atoms with Gasteiger partial charge in [-0.05, 0) is 64.6 Å². The molecule has 1 nitrogen and oxygen atoms in total. The molecule has 0 aliphatic heterocycles. The zero-order valence-electron chi connectivity index (χ0n) is 17.7. The summed E-state index contributed by atoms with van der Waals surface area (Å²) in [5.41, 5.74) is 10.8. The first-order valence-corrected chi connectivity index (χ1v) is 10.9. The van der Waals surface area contributed by atoms with Crippen LogP contribution in [0.5, 0.6) is 0 Å². The lowest BCUT2D eigenvalue weighted by Crippen LogP contribution is -2.14. The zero-order chi connectivity index (χ0) is 20.5. The molecule has 0 amide bonds. The lowest BCUT2D eigenvalue weighted by atomic mass is 9.82. The lowest BCUT2D eigenvalue weighted by Gasteiger charge is -2.21. The fourth-order valence-corrected chi connectivity index (χ4v) is 5.36. The van der Waals surface area contributed by atoms with Gasteiger partial charge in [-0.3, -0.25) is 0 Å². The molecule has 30 heavy (non-hydrogen) atoms. The molecule has 0 atom stereocenters. The molecule has 0 spiro atoms. The molecule has 146 valence electrons. The standard InChI is InChI=1S/C29H25N/c1-4-19-10-9-11-20(16-19)30-27-15-8-6-13-22(27)24-17-23-21-12-5-7-14-25(21)29(2,3)26(23)18-28(24)30/h5-18H,4H2,1-3H3. The van der Waals surface area contributed by atoms with Gasteiger partial charge in [-0.2, -0.15) is 0 Å². The summed E-state index contributed by atoms with van der Waals surface area (Å²) in [4.78, 5) is 0. The number of para-hydroxylation sites is 1. The molecule has 0 saturated heterocycles. The predicted molar refractivity (Wildman–Crippen MR) is 128 cm³/mol. The van der Waals surface area contributed by atoms with E-state index in [2.05, 4.69) is 110 Å². The maximum absolute atomic E-state index is 2.45. The Morgan fingerprint density at radius 3 is 2.33 bits per heavy atom. The average Bonchev–Trinajstić information content (AvgIpc) is 3.22. The highest BCUT2D eigenvalue weighted by atomic mass is 15.0. The van der Waals surface area contributed by atoms with Gasteiger partial charge in [0, 0.05) is 21.9 Å². The Kier molecular flexibility index (Phi) is 3.56. The Labute approximate surface area is 177 Å². The van der Waals surface area contributed by atoms with Crippen molar-refractivity contribution >= 4 is 21.8 Å². The number of fused-ring (bicyclic) bond motifs is 6. The molecule has 1 heteroatoms. The van der Waals surface area contributed by atoms with E-state index >= 15 is 0 Å². The van der Waals surface area contributed by atoms with Gasteiger partial charge in [0.05, 0.1) is 11.0 Å². The smallest absolute Gasteiger partial charge is 0.0544 e. The van der Waals surface area contributed by atoms with E-state index in [4.69, 9.17) is 0 Å². The first-order chi connectivity index (χ1) is 14.6. The SMILES string of the molecule is CCc1cccc(-n2c3ccccc3c3cc4c(cc32)C(C)(C)c2ccccc2-4)c1. The Bertz CT molecular complexity index is 1450. The molecule has 0 unspecified atom stereocenters. The van der Waals surface area contributed by atoms with Gasteiger partial charge in [0.15, 0.2) is 0 Å². The van der Waals surface area contributed by atoms with E-state index in [9.17, 15) is 0 Å². The van der Waals surface area contributed by atoms with Crippen LogP contribution in [0.1, 0.15) is 37.5 Å². The first-order valence-electron chi connectivity index (χ1n) is 10.9. The monoisotopic (exact) mass is 387 g/mol. The van der Waals surface area contributed by atoms with Crippen molar-refractivity contribution in [2.24, 2.45) is 0 Å². The predicted octanol–water partition coefficient (Wildman–Crippen LogP) is 7.65. The van der Waals surface area contributed by atoms with Crippen LogP contribution in [0.15, 0.2) is 84.9 Å². The third-order valence-corrected chi connectivity index (χ3v) is 6.95. The second kappa shape index (κ2) is 6.09. The number of hydrogen-bond donors (Lipinski definition) is 0. The van der Waals surface area contributed by atoms with Gasteiger partial charge in [-0.25, -0.2) is 0 Å². The number of aromatic nitrogens is 1. The summed E-state index contributed by atoms with van der Waals surface area (Å²) in [6.45, 7) is 6.93. The van der Waals surface area contributed by atoms with Crippen molar-refractivity contribution in [3.63, 3.8) is 0 Å². The Hall–Kier alpha value is -3.32. The van der Waals surface area contributed by atoms with Crippen LogP contribution in [0.4, 0.5) is 0 Å². The van der Waals surface area contributed by atoms with Gasteiger partial charge >= 0.3 is 0 Å². The van der Waals surface area contributed by atoms with Crippen molar-refractivity contribution in [3.8, 4) is 16.8 Å². The van der Waals surface area contributed by atoms with Crippen molar-refractivity contribution in [1.29, 1.82) is 0 Å². The minimum atomic E-state index is 0.00662. The summed E-state index contributed by atoms with van der Waals surface area (Å²) < 4.78 is 2.45. The van der Waals surface area contributed by atoms with E-state index < -0.39 is 0 Å². The van der Waals surface area contributed by atoms with E-state index in [1.54, 1.807) is 0 Å². The van der Waals surface area contributed by atoms with Gasteiger partial charge in [-0.1, -0.05) is 75.4 Å². The highest BCUT2D eigenvalue weighted by Gasteiger charge is 2.36. The molecular formula is C29H25N. The van der Waals surface area contributed by atoms with Gasteiger partial charge in [0.25, 0.3) is 0 Å². The maximum atomic E-state index is 2.45.